The second-order valence-electron chi connectivity index (χ2n) is 12.1. The molecule has 0 saturated heterocycles. The maximum atomic E-state index is 14.1. The molecule has 1 aliphatic heterocycles. The predicted octanol–water partition coefficient (Wildman–Crippen LogP) is 4.20. The van der Waals surface area contributed by atoms with E-state index in [-0.39, 0.29) is 37.9 Å². The zero-order valence-electron chi connectivity index (χ0n) is 25.6. The van der Waals surface area contributed by atoms with Crippen molar-refractivity contribution in [3.05, 3.63) is 83.9 Å². The number of carbonyl (C=O) groups excluding carboxylic acids is 3. The van der Waals surface area contributed by atoms with Crippen molar-refractivity contribution in [3.63, 3.8) is 0 Å². The summed E-state index contributed by atoms with van der Waals surface area (Å²) < 4.78 is 0. The van der Waals surface area contributed by atoms with Crippen LogP contribution < -0.4 is 21.4 Å². The van der Waals surface area contributed by atoms with Crippen LogP contribution in [0.4, 0.5) is 16.2 Å². The summed E-state index contributed by atoms with van der Waals surface area (Å²) in [5, 5.41) is 25.3. The smallest absolute Gasteiger partial charge is 0.319 e. The highest BCUT2D eigenvalue weighted by atomic mass is 16.3. The molecule has 10 nitrogen and oxygen atoms in total. The number of aliphatic hydroxyl groups excluding tert-OH is 2. The summed E-state index contributed by atoms with van der Waals surface area (Å²) in [4.78, 5) is 41.2. The zero-order chi connectivity index (χ0) is 31.9. The van der Waals surface area contributed by atoms with E-state index in [9.17, 15) is 19.5 Å². The lowest BCUT2D eigenvalue weighted by Crippen LogP contribution is -2.54. The molecule has 0 saturated carbocycles. The summed E-state index contributed by atoms with van der Waals surface area (Å²) in [5.74, 6) is 5.79. The van der Waals surface area contributed by atoms with E-state index in [4.69, 9.17) is 10.9 Å². The summed E-state index contributed by atoms with van der Waals surface area (Å²) in [6.07, 6.45) is 0.999. The van der Waals surface area contributed by atoms with Gasteiger partial charge >= 0.3 is 6.03 Å². The topological polar surface area (TPSA) is 148 Å². The number of amides is 4. The number of carbonyl (C=O) groups is 3. The van der Waals surface area contributed by atoms with Crippen molar-refractivity contribution in [1.29, 1.82) is 0 Å². The Balaban J connectivity index is 1.55. The summed E-state index contributed by atoms with van der Waals surface area (Å²) in [6.45, 7) is 5.80. The first-order chi connectivity index (χ1) is 21.0. The fourth-order valence-electron chi connectivity index (χ4n) is 5.82. The molecule has 3 aromatic carbocycles. The van der Waals surface area contributed by atoms with Crippen molar-refractivity contribution in [3.8, 4) is 11.1 Å². The Morgan fingerprint density at radius 3 is 2.45 bits per heavy atom. The van der Waals surface area contributed by atoms with Crippen LogP contribution in [0.25, 0.3) is 11.1 Å². The molecule has 1 heterocycles. The van der Waals surface area contributed by atoms with E-state index in [1.54, 1.807) is 17.9 Å². The summed E-state index contributed by atoms with van der Waals surface area (Å²) in [7, 11) is 0. The minimum absolute atomic E-state index is 0.117. The number of benzene rings is 3. The van der Waals surface area contributed by atoms with E-state index in [0.29, 0.717) is 24.9 Å². The highest BCUT2D eigenvalue weighted by molar-refractivity contribution is 6.00. The number of nitrogens with two attached hydrogens (primary N) is 1. The molecule has 0 bridgehead atoms. The number of nitrogens with zero attached hydrogens (tertiary/aromatic N) is 2. The maximum Gasteiger partial charge on any atom is 0.319 e. The Labute approximate surface area is 258 Å². The highest BCUT2D eigenvalue weighted by Crippen LogP contribution is 2.33. The average Bonchev–Trinajstić information content (AvgIpc) is 3.11. The van der Waals surface area contributed by atoms with Gasteiger partial charge in [-0.05, 0) is 60.4 Å². The molecule has 2 atom stereocenters. The molecule has 0 fully saturated rings. The van der Waals surface area contributed by atoms with E-state index < -0.39 is 23.6 Å². The first-order valence-electron chi connectivity index (χ1n) is 15.0. The van der Waals surface area contributed by atoms with Crippen LogP contribution in [0.5, 0.6) is 0 Å². The Hall–Kier alpha value is -4.25. The average molecular weight is 602 g/mol. The predicted molar refractivity (Wildman–Crippen MR) is 171 cm³/mol. The van der Waals surface area contributed by atoms with Gasteiger partial charge in [-0.3, -0.25) is 14.6 Å². The second-order valence-corrected chi connectivity index (χ2v) is 12.1. The van der Waals surface area contributed by atoms with Crippen molar-refractivity contribution < 1.29 is 24.6 Å². The third kappa shape index (κ3) is 8.22. The van der Waals surface area contributed by atoms with Gasteiger partial charge in [0.15, 0.2) is 0 Å². The molecule has 6 N–H and O–H groups in total. The largest absolute Gasteiger partial charge is 0.395 e. The molecule has 3 aromatic rings. The van der Waals surface area contributed by atoms with Crippen LogP contribution in [-0.4, -0.2) is 58.4 Å². The van der Waals surface area contributed by atoms with Gasteiger partial charge in [-0.15, -0.1) is 0 Å². The van der Waals surface area contributed by atoms with E-state index in [1.165, 1.54) is 0 Å². The van der Waals surface area contributed by atoms with Gasteiger partial charge in [-0.1, -0.05) is 74.5 Å². The van der Waals surface area contributed by atoms with E-state index >= 15 is 0 Å². The molecule has 0 radical (unpaired) electrons. The number of para-hydroxylation sites is 2. The molecular formula is C34H43N5O5. The molecule has 0 spiro atoms. The Bertz CT molecular complexity index is 1460. The molecule has 4 rings (SSSR count). The first kappa shape index (κ1) is 32.7. The van der Waals surface area contributed by atoms with Crippen molar-refractivity contribution in [2.45, 2.75) is 65.1 Å². The van der Waals surface area contributed by atoms with Crippen LogP contribution in [0.15, 0.2) is 72.8 Å². The Morgan fingerprint density at radius 1 is 1.07 bits per heavy atom. The Kier molecular flexibility index (Phi) is 10.7. The molecule has 0 unspecified atom stereocenters. The number of aryl methyl sites for hydroxylation is 1. The number of anilines is 2. The number of urea groups is 1. The number of fused-ring (bicyclic) bond motifs is 1. The molecule has 234 valence electrons. The van der Waals surface area contributed by atoms with Gasteiger partial charge in [0.2, 0.25) is 5.91 Å². The number of rotatable bonds is 11. The van der Waals surface area contributed by atoms with Crippen LogP contribution in [0.1, 0.15) is 51.2 Å². The number of hydrogen-bond acceptors (Lipinski definition) is 6. The second kappa shape index (κ2) is 14.5. The fraction of sp³-hybridized carbons (Fsp3) is 0.382. The van der Waals surface area contributed by atoms with Gasteiger partial charge in [-0.2, -0.15) is 0 Å². The van der Waals surface area contributed by atoms with Gasteiger partial charge < -0.3 is 25.7 Å². The number of nitrogens with one attached hydrogen (secondary N) is 2. The van der Waals surface area contributed by atoms with E-state index in [2.05, 4.69) is 10.6 Å². The minimum Gasteiger partial charge on any atom is -0.395 e. The maximum absolute atomic E-state index is 14.1. The number of hydrazine groups is 1. The lowest BCUT2D eigenvalue weighted by atomic mass is 9.83. The SMILES string of the molecule is C[C@H](O)CC(C)(C)CC(=O)N(N)[C@@H]1CCc2ccccc2N(Cc2ccc(-c3ccccc3NC(=O)NCCO)cc2)C1=O. The molecule has 10 heteroatoms. The molecule has 0 aromatic heterocycles. The zero-order valence-corrected chi connectivity index (χ0v) is 25.6. The van der Waals surface area contributed by atoms with Gasteiger partial charge in [-0.25, -0.2) is 10.6 Å². The molecule has 0 aliphatic carbocycles. The van der Waals surface area contributed by atoms with Crippen LogP contribution in [0, 0.1) is 5.41 Å². The van der Waals surface area contributed by atoms with Crippen LogP contribution in [-0.2, 0) is 22.6 Å². The van der Waals surface area contributed by atoms with Crippen LogP contribution in [0.3, 0.4) is 0 Å². The standard InChI is InChI=1S/C34H43N5O5/c1-23(41)20-34(2,3)21-31(42)39(35)30-17-16-26-8-4-7-11-29(26)38(32(30)43)22-24-12-14-25(15-13-24)27-9-5-6-10-28(27)37-33(44)36-18-19-40/h4-15,23,30,40-41H,16-22,35H2,1-3H3,(H2,36,37,44)/t23-,30+/m0/s1. The molecule has 1 aliphatic rings. The third-order valence-corrected chi connectivity index (χ3v) is 7.80. The fourth-order valence-corrected chi connectivity index (χ4v) is 5.82. The third-order valence-electron chi connectivity index (χ3n) is 7.80. The summed E-state index contributed by atoms with van der Waals surface area (Å²) in [6, 6.07) is 21.7. The number of aliphatic hydroxyl groups is 2. The van der Waals surface area contributed by atoms with Gasteiger partial charge in [0.1, 0.15) is 6.04 Å². The van der Waals surface area contributed by atoms with Crippen molar-refractivity contribution in [2.24, 2.45) is 11.3 Å². The highest BCUT2D eigenvalue weighted by Gasteiger charge is 2.37. The normalized spacial score (nSPS) is 15.6. The van der Waals surface area contributed by atoms with Crippen molar-refractivity contribution in [1.82, 2.24) is 10.3 Å². The molecule has 4 amide bonds. The van der Waals surface area contributed by atoms with Crippen molar-refractivity contribution in [2.75, 3.05) is 23.4 Å². The molecular weight excluding hydrogens is 558 g/mol. The first-order valence-corrected chi connectivity index (χ1v) is 15.0. The van der Waals surface area contributed by atoms with Gasteiger partial charge in [0.25, 0.3) is 5.91 Å². The van der Waals surface area contributed by atoms with Crippen molar-refractivity contribution >= 4 is 29.2 Å². The summed E-state index contributed by atoms with van der Waals surface area (Å²) >= 11 is 0. The number of hydrogen-bond donors (Lipinski definition) is 5. The van der Waals surface area contributed by atoms with E-state index in [0.717, 1.165) is 33.0 Å². The quantitative estimate of drug-likeness (QED) is 0.126. The van der Waals surface area contributed by atoms with Crippen LogP contribution in [0.2, 0.25) is 0 Å². The lowest BCUT2D eigenvalue weighted by Gasteiger charge is -2.33. The Morgan fingerprint density at radius 2 is 1.75 bits per heavy atom. The molecule has 44 heavy (non-hydrogen) atoms. The lowest BCUT2D eigenvalue weighted by molar-refractivity contribution is -0.142. The van der Waals surface area contributed by atoms with Crippen LogP contribution >= 0.6 is 0 Å². The summed E-state index contributed by atoms with van der Waals surface area (Å²) in [5.41, 5.74) is 4.54. The monoisotopic (exact) mass is 601 g/mol. The van der Waals surface area contributed by atoms with Gasteiger partial charge in [0, 0.05) is 24.2 Å². The van der Waals surface area contributed by atoms with Gasteiger partial charge in [0.05, 0.1) is 24.9 Å². The minimum atomic E-state index is -0.827. The van der Waals surface area contributed by atoms with E-state index in [1.807, 2.05) is 80.6 Å².